The molecule has 0 saturated heterocycles. The highest BCUT2D eigenvalue weighted by Gasteiger charge is 2.19. The van der Waals surface area contributed by atoms with E-state index in [1.807, 2.05) is 39.0 Å². The van der Waals surface area contributed by atoms with E-state index in [2.05, 4.69) is 10.3 Å². The molecule has 6 heteroatoms. The topological polar surface area (TPSA) is 76.1 Å². The summed E-state index contributed by atoms with van der Waals surface area (Å²) in [5.74, 6) is -0.341. The number of hydrogen-bond acceptors (Lipinski definition) is 4. The molecule has 0 spiro atoms. The van der Waals surface area contributed by atoms with Gasteiger partial charge in [-0.1, -0.05) is 23.8 Å². The summed E-state index contributed by atoms with van der Waals surface area (Å²) in [6, 6.07) is 15.1. The lowest BCUT2D eigenvalue weighted by molar-refractivity contribution is 0.102. The molecule has 1 aromatic heterocycles. The standard InChI is InChI=1S/C21H20N2O3S/c1-14-4-7-19(8-5-14)27(25,26)20-9-6-17(13-22-20)21(24)23-18-11-15(2)10-16(3)12-18/h4-13H,1-3H3,(H,23,24). The zero-order valence-corrected chi connectivity index (χ0v) is 16.2. The average Bonchev–Trinajstić information content (AvgIpc) is 2.61. The lowest BCUT2D eigenvalue weighted by Crippen LogP contribution is -2.13. The molecule has 0 radical (unpaired) electrons. The number of sulfone groups is 1. The largest absolute Gasteiger partial charge is 0.322 e. The first-order valence-electron chi connectivity index (χ1n) is 8.43. The summed E-state index contributed by atoms with van der Waals surface area (Å²) < 4.78 is 25.3. The minimum atomic E-state index is -3.71. The molecular formula is C21H20N2O3S. The Bertz CT molecular complexity index is 1070. The van der Waals surface area contributed by atoms with Gasteiger partial charge in [-0.25, -0.2) is 13.4 Å². The van der Waals surface area contributed by atoms with Gasteiger partial charge in [-0.05, 0) is 68.3 Å². The van der Waals surface area contributed by atoms with Gasteiger partial charge in [0.25, 0.3) is 5.91 Å². The zero-order chi connectivity index (χ0) is 19.6. The smallest absolute Gasteiger partial charge is 0.257 e. The molecule has 138 valence electrons. The van der Waals surface area contributed by atoms with E-state index < -0.39 is 9.84 Å². The van der Waals surface area contributed by atoms with Crippen molar-refractivity contribution in [1.82, 2.24) is 4.98 Å². The maximum Gasteiger partial charge on any atom is 0.257 e. The highest BCUT2D eigenvalue weighted by molar-refractivity contribution is 7.91. The lowest BCUT2D eigenvalue weighted by atomic mass is 10.1. The first kappa shape index (κ1) is 18.8. The summed E-state index contributed by atoms with van der Waals surface area (Å²) in [6.07, 6.45) is 1.28. The van der Waals surface area contributed by atoms with Crippen molar-refractivity contribution in [3.63, 3.8) is 0 Å². The summed E-state index contributed by atoms with van der Waals surface area (Å²) >= 11 is 0. The molecule has 0 aliphatic carbocycles. The van der Waals surface area contributed by atoms with Crippen LogP contribution in [0, 0.1) is 20.8 Å². The van der Waals surface area contributed by atoms with Gasteiger partial charge < -0.3 is 5.32 Å². The Labute approximate surface area is 159 Å². The summed E-state index contributed by atoms with van der Waals surface area (Å²) in [5, 5.41) is 2.72. The maximum atomic E-state index is 12.6. The molecule has 0 aliphatic heterocycles. The van der Waals surface area contributed by atoms with Crippen molar-refractivity contribution >= 4 is 21.4 Å². The van der Waals surface area contributed by atoms with E-state index in [1.165, 1.54) is 18.3 Å². The van der Waals surface area contributed by atoms with Crippen LogP contribution in [0.5, 0.6) is 0 Å². The van der Waals surface area contributed by atoms with E-state index in [1.54, 1.807) is 24.3 Å². The minimum Gasteiger partial charge on any atom is -0.322 e. The van der Waals surface area contributed by atoms with E-state index in [-0.39, 0.29) is 21.4 Å². The molecule has 1 heterocycles. The van der Waals surface area contributed by atoms with Crippen LogP contribution in [0.1, 0.15) is 27.0 Å². The minimum absolute atomic E-state index is 0.0886. The highest BCUT2D eigenvalue weighted by atomic mass is 32.2. The van der Waals surface area contributed by atoms with Crippen molar-refractivity contribution < 1.29 is 13.2 Å². The van der Waals surface area contributed by atoms with Crippen LogP contribution in [-0.4, -0.2) is 19.3 Å². The van der Waals surface area contributed by atoms with Crippen molar-refractivity contribution in [2.75, 3.05) is 5.32 Å². The van der Waals surface area contributed by atoms with Crippen LogP contribution >= 0.6 is 0 Å². The fraction of sp³-hybridized carbons (Fsp3) is 0.143. The molecule has 3 aromatic rings. The van der Waals surface area contributed by atoms with Crippen LogP contribution in [0.3, 0.4) is 0 Å². The maximum absolute atomic E-state index is 12.6. The van der Waals surface area contributed by atoms with Crippen molar-refractivity contribution in [3.8, 4) is 0 Å². The third kappa shape index (κ3) is 4.23. The number of benzene rings is 2. The van der Waals surface area contributed by atoms with Crippen LogP contribution < -0.4 is 5.32 Å². The van der Waals surface area contributed by atoms with Crippen molar-refractivity contribution in [2.24, 2.45) is 0 Å². The SMILES string of the molecule is Cc1ccc(S(=O)(=O)c2ccc(C(=O)Nc3cc(C)cc(C)c3)cn2)cc1. The molecule has 0 bridgehead atoms. The van der Waals surface area contributed by atoms with Gasteiger partial charge >= 0.3 is 0 Å². The van der Waals surface area contributed by atoms with Gasteiger partial charge in [-0.15, -0.1) is 0 Å². The first-order chi connectivity index (χ1) is 12.8. The number of amides is 1. The van der Waals surface area contributed by atoms with E-state index in [9.17, 15) is 13.2 Å². The monoisotopic (exact) mass is 380 g/mol. The summed E-state index contributed by atoms with van der Waals surface area (Å²) in [7, 11) is -3.71. The number of nitrogens with zero attached hydrogens (tertiary/aromatic N) is 1. The molecule has 27 heavy (non-hydrogen) atoms. The Morgan fingerprint density at radius 2 is 1.48 bits per heavy atom. The van der Waals surface area contributed by atoms with Crippen LogP contribution in [0.2, 0.25) is 0 Å². The van der Waals surface area contributed by atoms with Crippen LogP contribution in [0.4, 0.5) is 5.69 Å². The predicted octanol–water partition coefficient (Wildman–Crippen LogP) is 4.09. The molecule has 0 unspecified atom stereocenters. The van der Waals surface area contributed by atoms with Gasteiger partial charge in [0.2, 0.25) is 9.84 Å². The van der Waals surface area contributed by atoms with Gasteiger partial charge in [-0.2, -0.15) is 0 Å². The lowest BCUT2D eigenvalue weighted by Gasteiger charge is -2.08. The van der Waals surface area contributed by atoms with E-state index >= 15 is 0 Å². The third-order valence-electron chi connectivity index (χ3n) is 4.08. The average molecular weight is 380 g/mol. The van der Waals surface area contributed by atoms with E-state index in [0.29, 0.717) is 5.69 Å². The molecule has 0 atom stereocenters. The second-order valence-electron chi connectivity index (χ2n) is 6.53. The predicted molar refractivity (Wildman–Crippen MR) is 105 cm³/mol. The first-order valence-corrected chi connectivity index (χ1v) is 9.91. The molecule has 1 amide bonds. The van der Waals surface area contributed by atoms with Crippen LogP contribution in [0.25, 0.3) is 0 Å². The second-order valence-corrected chi connectivity index (χ2v) is 8.43. The highest BCUT2D eigenvalue weighted by Crippen LogP contribution is 2.20. The normalized spacial score (nSPS) is 11.2. The summed E-state index contributed by atoms with van der Waals surface area (Å²) in [4.78, 5) is 16.6. The second kappa shape index (κ2) is 7.32. The number of anilines is 1. The quantitative estimate of drug-likeness (QED) is 0.740. The number of aromatic nitrogens is 1. The van der Waals surface area contributed by atoms with Crippen LogP contribution in [-0.2, 0) is 9.84 Å². The molecule has 5 nitrogen and oxygen atoms in total. The van der Waals surface area contributed by atoms with Gasteiger partial charge in [-0.3, -0.25) is 4.79 Å². The number of carbonyl (C=O) groups excluding carboxylic acids is 1. The van der Waals surface area contributed by atoms with Crippen molar-refractivity contribution in [2.45, 2.75) is 30.7 Å². The Morgan fingerprint density at radius 3 is 2.04 bits per heavy atom. The molecule has 0 aliphatic rings. The summed E-state index contributed by atoms with van der Waals surface area (Å²) in [6.45, 7) is 5.79. The molecular weight excluding hydrogens is 360 g/mol. The number of rotatable bonds is 4. The molecule has 3 rings (SSSR count). The number of carbonyl (C=O) groups is 1. The van der Waals surface area contributed by atoms with Gasteiger partial charge in [0, 0.05) is 11.9 Å². The van der Waals surface area contributed by atoms with Crippen LogP contribution in [0.15, 0.2) is 70.7 Å². The third-order valence-corrected chi connectivity index (χ3v) is 5.77. The number of pyridine rings is 1. The fourth-order valence-corrected chi connectivity index (χ4v) is 3.94. The Balaban J connectivity index is 1.82. The Morgan fingerprint density at radius 1 is 0.852 bits per heavy atom. The Hall–Kier alpha value is -2.99. The number of aryl methyl sites for hydroxylation is 3. The van der Waals surface area contributed by atoms with E-state index in [0.717, 1.165) is 16.7 Å². The van der Waals surface area contributed by atoms with Gasteiger partial charge in [0.1, 0.15) is 0 Å². The number of nitrogens with one attached hydrogen (secondary N) is 1. The molecule has 0 fully saturated rings. The summed E-state index contributed by atoms with van der Waals surface area (Å²) in [5.41, 5.74) is 4.04. The number of hydrogen-bond donors (Lipinski definition) is 1. The van der Waals surface area contributed by atoms with Crippen molar-refractivity contribution in [1.29, 1.82) is 0 Å². The Kier molecular flexibility index (Phi) is 5.10. The van der Waals surface area contributed by atoms with Gasteiger partial charge in [0.05, 0.1) is 10.5 Å². The van der Waals surface area contributed by atoms with E-state index in [4.69, 9.17) is 0 Å². The molecule has 0 saturated carbocycles. The van der Waals surface area contributed by atoms with Crippen molar-refractivity contribution in [3.05, 3.63) is 83.0 Å². The fourth-order valence-electron chi connectivity index (χ4n) is 2.76. The molecule has 1 N–H and O–H groups in total. The zero-order valence-electron chi connectivity index (χ0n) is 15.4. The van der Waals surface area contributed by atoms with Gasteiger partial charge in [0.15, 0.2) is 5.03 Å². The molecule has 2 aromatic carbocycles.